The molecule has 0 aliphatic carbocycles. The van der Waals surface area contributed by atoms with Crippen molar-refractivity contribution in [2.24, 2.45) is 0 Å². The monoisotopic (exact) mass is 310 g/mol. The lowest BCUT2D eigenvalue weighted by Gasteiger charge is -2.15. The van der Waals surface area contributed by atoms with Crippen molar-refractivity contribution in [2.75, 3.05) is 5.73 Å². The number of carbonyl (C=O) groups excluding carboxylic acids is 1. The van der Waals surface area contributed by atoms with Gasteiger partial charge in [-0.3, -0.25) is 4.79 Å². The van der Waals surface area contributed by atoms with Crippen LogP contribution in [-0.4, -0.2) is 5.91 Å². The van der Waals surface area contributed by atoms with Crippen LogP contribution in [0.5, 0.6) is 0 Å². The number of nitrogens with two attached hydrogens (primary N) is 1. The van der Waals surface area contributed by atoms with Crippen LogP contribution in [0.4, 0.5) is 5.69 Å². The smallest absolute Gasteiger partial charge is 0.252 e. The first-order valence-corrected chi connectivity index (χ1v) is 8.07. The number of amides is 1. The Kier molecular flexibility index (Phi) is 3.86. The number of anilines is 1. The van der Waals surface area contributed by atoms with Crippen LogP contribution in [0.25, 0.3) is 10.1 Å². The molecule has 0 aliphatic rings. The van der Waals surface area contributed by atoms with Crippen molar-refractivity contribution >= 4 is 33.0 Å². The number of benzene rings is 2. The molecule has 0 spiro atoms. The van der Waals surface area contributed by atoms with Crippen LogP contribution < -0.4 is 11.1 Å². The maximum Gasteiger partial charge on any atom is 0.252 e. The average molecular weight is 310 g/mol. The second-order valence-electron chi connectivity index (χ2n) is 5.46. The molecule has 4 heteroatoms. The topological polar surface area (TPSA) is 55.1 Å². The van der Waals surface area contributed by atoms with Gasteiger partial charge in [-0.25, -0.2) is 0 Å². The van der Waals surface area contributed by atoms with Crippen molar-refractivity contribution < 1.29 is 4.79 Å². The van der Waals surface area contributed by atoms with E-state index in [1.807, 2.05) is 38.1 Å². The number of hydrogen-bond donors (Lipinski definition) is 2. The molecular formula is C18H18N2OS. The average Bonchev–Trinajstić information content (AvgIpc) is 2.93. The Labute approximate surface area is 133 Å². The Bertz CT molecular complexity index is 838. The number of carbonyl (C=O) groups is 1. The van der Waals surface area contributed by atoms with E-state index in [1.54, 1.807) is 17.4 Å². The number of fused-ring (bicyclic) bond motifs is 1. The summed E-state index contributed by atoms with van der Waals surface area (Å²) in [6, 6.07) is 13.6. The van der Waals surface area contributed by atoms with Crippen LogP contribution in [0.3, 0.4) is 0 Å². The fraction of sp³-hybridized carbons (Fsp3) is 0.167. The van der Waals surface area contributed by atoms with Gasteiger partial charge in [0.2, 0.25) is 0 Å². The maximum absolute atomic E-state index is 12.5. The molecule has 0 aliphatic heterocycles. The van der Waals surface area contributed by atoms with E-state index in [1.165, 1.54) is 10.1 Å². The predicted molar refractivity (Wildman–Crippen MR) is 93.3 cm³/mol. The normalized spacial score (nSPS) is 12.3. The third-order valence-corrected chi connectivity index (χ3v) is 4.81. The van der Waals surface area contributed by atoms with Crippen molar-refractivity contribution in [3.05, 3.63) is 64.5 Å². The minimum atomic E-state index is -0.0902. The Balaban J connectivity index is 1.86. The van der Waals surface area contributed by atoms with Gasteiger partial charge in [0.25, 0.3) is 5.91 Å². The SMILES string of the molecule is Cc1ccc(N)cc1C(=O)N[C@H](C)c1csc2ccccc12. The Morgan fingerprint density at radius 2 is 2.00 bits per heavy atom. The van der Waals surface area contributed by atoms with Crippen molar-refractivity contribution in [3.8, 4) is 0 Å². The van der Waals surface area contributed by atoms with Gasteiger partial charge in [0.1, 0.15) is 0 Å². The van der Waals surface area contributed by atoms with Gasteiger partial charge in [0.15, 0.2) is 0 Å². The quantitative estimate of drug-likeness (QED) is 0.709. The van der Waals surface area contributed by atoms with Crippen LogP contribution in [-0.2, 0) is 0 Å². The van der Waals surface area contributed by atoms with Crippen LogP contribution in [0.15, 0.2) is 47.8 Å². The summed E-state index contributed by atoms with van der Waals surface area (Å²) in [5.41, 5.74) is 9.09. The van der Waals surface area contributed by atoms with Crippen molar-refractivity contribution in [2.45, 2.75) is 19.9 Å². The number of aryl methyl sites for hydroxylation is 1. The second-order valence-corrected chi connectivity index (χ2v) is 6.37. The summed E-state index contributed by atoms with van der Waals surface area (Å²) in [4.78, 5) is 12.5. The molecule has 0 unspecified atom stereocenters. The lowest BCUT2D eigenvalue weighted by atomic mass is 10.0. The van der Waals surface area contributed by atoms with E-state index in [9.17, 15) is 4.79 Å². The first-order chi connectivity index (χ1) is 10.6. The zero-order valence-corrected chi connectivity index (χ0v) is 13.4. The van der Waals surface area contributed by atoms with E-state index in [0.29, 0.717) is 11.3 Å². The molecule has 0 saturated carbocycles. The summed E-state index contributed by atoms with van der Waals surface area (Å²) in [5.74, 6) is -0.0902. The van der Waals surface area contributed by atoms with Gasteiger partial charge < -0.3 is 11.1 Å². The molecule has 1 amide bonds. The summed E-state index contributed by atoms with van der Waals surface area (Å²) in [5, 5.41) is 6.38. The molecule has 3 nitrogen and oxygen atoms in total. The highest BCUT2D eigenvalue weighted by Crippen LogP contribution is 2.30. The van der Waals surface area contributed by atoms with Crippen molar-refractivity contribution in [1.82, 2.24) is 5.32 Å². The van der Waals surface area contributed by atoms with E-state index in [2.05, 4.69) is 22.8 Å². The highest BCUT2D eigenvalue weighted by Gasteiger charge is 2.16. The molecule has 3 aromatic rings. The highest BCUT2D eigenvalue weighted by atomic mass is 32.1. The first kappa shape index (κ1) is 14.6. The predicted octanol–water partition coefficient (Wildman–Crippen LogP) is 4.28. The van der Waals surface area contributed by atoms with Gasteiger partial charge in [-0.1, -0.05) is 24.3 Å². The van der Waals surface area contributed by atoms with Crippen molar-refractivity contribution in [1.29, 1.82) is 0 Å². The molecule has 0 fully saturated rings. The number of nitrogen functional groups attached to an aromatic ring is 1. The standard InChI is InChI=1S/C18H18N2OS/c1-11-7-8-13(19)9-15(11)18(21)20-12(2)16-10-22-17-6-4-3-5-14(16)17/h3-10,12H,19H2,1-2H3,(H,20,21)/t12-/m1/s1. The molecular weight excluding hydrogens is 292 g/mol. The van der Waals surface area contributed by atoms with Gasteiger partial charge in [0, 0.05) is 16.0 Å². The molecule has 22 heavy (non-hydrogen) atoms. The second kappa shape index (κ2) is 5.81. The number of nitrogens with one attached hydrogen (secondary N) is 1. The van der Waals surface area contributed by atoms with Gasteiger partial charge in [0.05, 0.1) is 6.04 Å². The van der Waals surface area contributed by atoms with Crippen LogP contribution >= 0.6 is 11.3 Å². The third kappa shape index (κ3) is 2.70. The van der Waals surface area contributed by atoms with Crippen LogP contribution in [0.2, 0.25) is 0 Å². The minimum absolute atomic E-state index is 0.0514. The van der Waals surface area contributed by atoms with E-state index < -0.39 is 0 Å². The summed E-state index contributed by atoms with van der Waals surface area (Å²) in [7, 11) is 0. The zero-order chi connectivity index (χ0) is 15.7. The lowest BCUT2D eigenvalue weighted by molar-refractivity contribution is 0.0939. The van der Waals surface area contributed by atoms with Gasteiger partial charge in [-0.05, 0) is 53.9 Å². The molecule has 2 aromatic carbocycles. The summed E-state index contributed by atoms with van der Waals surface area (Å²) < 4.78 is 1.23. The van der Waals surface area contributed by atoms with E-state index in [-0.39, 0.29) is 11.9 Å². The summed E-state index contributed by atoms with van der Waals surface area (Å²) in [6.45, 7) is 3.92. The molecule has 3 rings (SSSR count). The summed E-state index contributed by atoms with van der Waals surface area (Å²) in [6.07, 6.45) is 0. The zero-order valence-electron chi connectivity index (χ0n) is 12.6. The maximum atomic E-state index is 12.5. The number of thiophene rings is 1. The molecule has 1 aromatic heterocycles. The fourth-order valence-electron chi connectivity index (χ4n) is 2.57. The molecule has 0 bridgehead atoms. The molecule has 1 heterocycles. The molecule has 0 saturated heterocycles. The van der Waals surface area contributed by atoms with Gasteiger partial charge in [-0.15, -0.1) is 11.3 Å². The summed E-state index contributed by atoms with van der Waals surface area (Å²) >= 11 is 1.70. The lowest BCUT2D eigenvalue weighted by Crippen LogP contribution is -2.27. The van der Waals surface area contributed by atoms with Gasteiger partial charge >= 0.3 is 0 Å². The minimum Gasteiger partial charge on any atom is -0.399 e. The van der Waals surface area contributed by atoms with E-state index in [0.717, 1.165) is 11.1 Å². The Morgan fingerprint density at radius 1 is 1.23 bits per heavy atom. The number of rotatable bonds is 3. The van der Waals surface area contributed by atoms with E-state index in [4.69, 9.17) is 5.73 Å². The third-order valence-electron chi connectivity index (χ3n) is 3.83. The Morgan fingerprint density at radius 3 is 2.82 bits per heavy atom. The van der Waals surface area contributed by atoms with Crippen LogP contribution in [0.1, 0.15) is 34.5 Å². The van der Waals surface area contributed by atoms with Gasteiger partial charge in [-0.2, -0.15) is 0 Å². The number of hydrogen-bond acceptors (Lipinski definition) is 3. The molecule has 0 radical (unpaired) electrons. The Hall–Kier alpha value is -2.33. The van der Waals surface area contributed by atoms with E-state index >= 15 is 0 Å². The highest BCUT2D eigenvalue weighted by molar-refractivity contribution is 7.17. The first-order valence-electron chi connectivity index (χ1n) is 7.19. The largest absolute Gasteiger partial charge is 0.399 e. The molecule has 3 N–H and O–H groups in total. The van der Waals surface area contributed by atoms with Crippen LogP contribution in [0, 0.1) is 6.92 Å². The molecule has 112 valence electrons. The van der Waals surface area contributed by atoms with Crippen molar-refractivity contribution in [3.63, 3.8) is 0 Å². The molecule has 1 atom stereocenters. The fourth-order valence-corrected chi connectivity index (χ4v) is 3.63.